The predicted molar refractivity (Wildman–Crippen MR) is 59.8 cm³/mol. The van der Waals surface area contributed by atoms with Crippen molar-refractivity contribution in [3.8, 4) is 0 Å². The lowest BCUT2D eigenvalue weighted by Gasteiger charge is -2.25. The predicted octanol–water partition coefficient (Wildman–Crippen LogP) is -1.20. The molecule has 1 aromatic rings. The zero-order chi connectivity index (χ0) is 12.9. The Hall–Kier alpha value is -1.50. The van der Waals surface area contributed by atoms with E-state index < -0.39 is 24.2 Å². The summed E-state index contributed by atoms with van der Waals surface area (Å²) in [5.74, 6) is -0.755. The van der Waals surface area contributed by atoms with E-state index in [9.17, 15) is 15.0 Å². The Morgan fingerprint density at radius 3 is 2.82 bits per heavy atom. The van der Waals surface area contributed by atoms with Crippen LogP contribution in [-0.4, -0.2) is 44.5 Å². The van der Waals surface area contributed by atoms with Crippen LogP contribution in [0.1, 0.15) is 12.6 Å². The fourth-order valence-corrected chi connectivity index (χ4v) is 1.15. The van der Waals surface area contributed by atoms with Gasteiger partial charge in [-0.15, -0.1) is 0 Å². The number of carbonyl (C=O) groups is 1. The van der Waals surface area contributed by atoms with Gasteiger partial charge in [0.15, 0.2) is 6.10 Å². The molecule has 1 aromatic heterocycles. The number of aliphatic hydroxyl groups is 3. The number of aliphatic hydroxyl groups excluding tert-OH is 2. The molecule has 94 valence electrons. The van der Waals surface area contributed by atoms with Gasteiger partial charge in [0.05, 0.1) is 18.8 Å². The van der Waals surface area contributed by atoms with Gasteiger partial charge in [0.1, 0.15) is 5.60 Å². The molecule has 0 aliphatic carbocycles. The lowest BCUT2D eigenvalue weighted by molar-refractivity contribution is -0.148. The summed E-state index contributed by atoms with van der Waals surface area (Å²) >= 11 is 0. The van der Waals surface area contributed by atoms with Gasteiger partial charge in [0.25, 0.3) is 5.91 Å². The summed E-state index contributed by atoms with van der Waals surface area (Å²) in [7, 11) is 0. The third-order valence-corrected chi connectivity index (χ3v) is 2.33. The largest absolute Gasteiger partial charge is 0.393 e. The van der Waals surface area contributed by atoms with E-state index in [1.807, 2.05) is 0 Å². The first kappa shape index (κ1) is 13.6. The van der Waals surface area contributed by atoms with E-state index in [0.717, 1.165) is 0 Å². The van der Waals surface area contributed by atoms with Crippen molar-refractivity contribution in [2.45, 2.75) is 25.2 Å². The second kappa shape index (κ2) is 5.72. The molecule has 1 rings (SSSR count). The first-order valence-electron chi connectivity index (χ1n) is 5.16. The van der Waals surface area contributed by atoms with Gasteiger partial charge in [0, 0.05) is 6.20 Å². The maximum atomic E-state index is 11.5. The van der Waals surface area contributed by atoms with E-state index in [1.54, 1.807) is 24.4 Å². The van der Waals surface area contributed by atoms with Gasteiger partial charge in [-0.05, 0) is 19.1 Å². The van der Waals surface area contributed by atoms with Crippen LogP contribution in [0.4, 0.5) is 0 Å². The van der Waals surface area contributed by atoms with Gasteiger partial charge in [-0.1, -0.05) is 6.07 Å². The molecule has 6 heteroatoms. The minimum atomic E-state index is -1.85. The number of nitrogens with zero attached hydrogens (tertiary/aromatic N) is 1. The van der Waals surface area contributed by atoms with Crippen LogP contribution in [0, 0.1) is 0 Å². The first-order valence-corrected chi connectivity index (χ1v) is 5.16. The Labute approximate surface area is 98.9 Å². The van der Waals surface area contributed by atoms with E-state index in [0.29, 0.717) is 5.69 Å². The van der Waals surface area contributed by atoms with Crippen LogP contribution >= 0.6 is 0 Å². The zero-order valence-corrected chi connectivity index (χ0v) is 9.50. The van der Waals surface area contributed by atoms with Crippen LogP contribution in [0.5, 0.6) is 0 Å². The number of pyridine rings is 1. The van der Waals surface area contributed by atoms with E-state index >= 15 is 0 Å². The minimum Gasteiger partial charge on any atom is -0.393 e. The normalized spacial score (nSPS) is 16.0. The molecular weight excluding hydrogens is 224 g/mol. The highest BCUT2D eigenvalue weighted by atomic mass is 16.4. The second-order valence-electron chi connectivity index (χ2n) is 3.96. The van der Waals surface area contributed by atoms with Crippen LogP contribution in [-0.2, 0) is 11.3 Å². The Morgan fingerprint density at radius 1 is 1.59 bits per heavy atom. The molecule has 0 saturated carbocycles. The number of amides is 1. The van der Waals surface area contributed by atoms with Crippen molar-refractivity contribution in [2.75, 3.05) is 6.61 Å². The van der Waals surface area contributed by atoms with Gasteiger partial charge < -0.3 is 20.6 Å². The highest BCUT2D eigenvalue weighted by Crippen LogP contribution is 2.08. The highest BCUT2D eigenvalue weighted by Gasteiger charge is 2.35. The second-order valence-corrected chi connectivity index (χ2v) is 3.96. The molecule has 1 amide bonds. The smallest absolute Gasteiger partial charge is 0.252 e. The quantitative estimate of drug-likeness (QED) is 0.518. The van der Waals surface area contributed by atoms with Crippen molar-refractivity contribution < 1.29 is 20.1 Å². The Bertz CT molecular complexity index is 367. The van der Waals surface area contributed by atoms with E-state index in [-0.39, 0.29) is 6.54 Å². The molecule has 0 aliphatic rings. The first-order chi connectivity index (χ1) is 7.97. The summed E-state index contributed by atoms with van der Waals surface area (Å²) in [6, 6.07) is 5.24. The topological polar surface area (TPSA) is 103 Å². The molecule has 0 fully saturated rings. The molecular formula is C11H16N2O4. The highest BCUT2D eigenvalue weighted by molar-refractivity contribution is 5.81. The average Bonchev–Trinajstić information content (AvgIpc) is 2.36. The monoisotopic (exact) mass is 240 g/mol. The molecule has 0 radical (unpaired) electrons. The van der Waals surface area contributed by atoms with Gasteiger partial charge >= 0.3 is 0 Å². The van der Waals surface area contributed by atoms with Crippen LogP contribution < -0.4 is 5.32 Å². The number of aromatic nitrogens is 1. The molecule has 0 spiro atoms. The molecule has 6 nitrogen and oxygen atoms in total. The Kier molecular flexibility index (Phi) is 4.56. The molecule has 1 heterocycles. The van der Waals surface area contributed by atoms with Crippen molar-refractivity contribution in [3.63, 3.8) is 0 Å². The molecule has 0 aromatic carbocycles. The Balaban J connectivity index is 2.51. The molecule has 17 heavy (non-hydrogen) atoms. The molecule has 0 bridgehead atoms. The van der Waals surface area contributed by atoms with Crippen LogP contribution in [0.25, 0.3) is 0 Å². The van der Waals surface area contributed by atoms with Crippen molar-refractivity contribution in [3.05, 3.63) is 30.1 Å². The summed E-state index contributed by atoms with van der Waals surface area (Å²) in [5, 5.41) is 30.2. The molecule has 4 N–H and O–H groups in total. The summed E-state index contributed by atoms with van der Waals surface area (Å²) in [6.45, 7) is 0.626. The standard InChI is InChI=1S/C11H16N2O4/c1-11(17,7-14)9(15)10(16)13-6-8-4-2-3-5-12-8/h2-5,9,14-15,17H,6-7H2,1H3,(H,13,16). The summed E-state index contributed by atoms with van der Waals surface area (Å²) < 4.78 is 0. The van der Waals surface area contributed by atoms with Gasteiger partial charge in [0.2, 0.25) is 0 Å². The van der Waals surface area contributed by atoms with Crippen molar-refractivity contribution in [1.29, 1.82) is 0 Å². The zero-order valence-electron chi connectivity index (χ0n) is 9.50. The fourth-order valence-electron chi connectivity index (χ4n) is 1.15. The van der Waals surface area contributed by atoms with Crippen LogP contribution in [0.3, 0.4) is 0 Å². The lowest BCUT2D eigenvalue weighted by Crippen LogP contribution is -2.51. The van der Waals surface area contributed by atoms with Crippen LogP contribution in [0.2, 0.25) is 0 Å². The Morgan fingerprint density at radius 2 is 2.29 bits per heavy atom. The summed E-state index contributed by atoms with van der Waals surface area (Å²) in [4.78, 5) is 15.4. The summed E-state index contributed by atoms with van der Waals surface area (Å²) in [6.07, 6.45) is -0.0989. The molecule has 0 saturated heterocycles. The van der Waals surface area contributed by atoms with Crippen molar-refractivity contribution in [1.82, 2.24) is 10.3 Å². The van der Waals surface area contributed by atoms with E-state index in [1.165, 1.54) is 6.92 Å². The van der Waals surface area contributed by atoms with E-state index in [2.05, 4.69) is 10.3 Å². The van der Waals surface area contributed by atoms with Gasteiger partial charge in [-0.2, -0.15) is 0 Å². The maximum absolute atomic E-state index is 11.5. The third kappa shape index (κ3) is 3.77. The van der Waals surface area contributed by atoms with Crippen molar-refractivity contribution >= 4 is 5.91 Å². The van der Waals surface area contributed by atoms with Crippen molar-refractivity contribution in [2.24, 2.45) is 0 Å². The number of hydrogen-bond acceptors (Lipinski definition) is 5. The molecule has 2 unspecified atom stereocenters. The van der Waals surface area contributed by atoms with Crippen LogP contribution in [0.15, 0.2) is 24.4 Å². The fraction of sp³-hybridized carbons (Fsp3) is 0.455. The summed E-state index contributed by atoms with van der Waals surface area (Å²) in [5.41, 5.74) is -1.22. The minimum absolute atomic E-state index is 0.151. The molecule has 0 aliphatic heterocycles. The number of hydrogen-bond donors (Lipinski definition) is 4. The average molecular weight is 240 g/mol. The van der Waals surface area contributed by atoms with E-state index in [4.69, 9.17) is 5.11 Å². The SMILES string of the molecule is CC(O)(CO)C(O)C(=O)NCc1ccccn1. The van der Waals surface area contributed by atoms with Gasteiger partial charge in [-0.25, -0.2) is 0 Å². The van der Waals surface area contributed by atoms with Gasteiger partial charge in [-0.3, -0.25) is 9.78 Å². The number of nitrogens with one attached hydrogen (secondary N) is 1. The lowest BCUT2D eigenvalue weighted by atomic mass is 10.00. The third-order valence-electron chi connectivity index (χ3n) is 2.33. The molecule has 2 atom stereocenters. The number of rotatable bonds is 5. The maximum Gasteiger partial charge on any atom is 0.252 e. The number of carbonyl (C=O) groups excluding carboxylic acids is 1.